The van der Waals surface area contributed by atoms with E-state index < -0.39 is 27.1 Å². The summed E-state index contributed by atoms with van der Waals surface area (Å²) in [4.78, 5) is 17.7. The summed E-state index contributed by atoms with van der Waals surface area (Å²) < 4.78 is 70.6. The molecule has 0 unspecified atom stereocenters. The molecule has 2 aliphatic carbocycles. The van der Waals surface area contributed by atoms with E-state index in [9.17, 15) is 22.0 Å². The quantitative estimate of drug-likeness (QED) is 0.338. The highest BCUT2D eigenvalue weighted by molar-refractivity contribution is 7.90. The molecule has 2 bridgehead atoms. The average molecular weight is 746 g/mol. The zero-order valence-electron chi connectivity index (χ0n) is 29.6. The number of sulfonamides is 1. The highest BCUT2D eigenvalue weighted by Gasteiger charge is 2.45. The predicted octanol–water partition coefficient (Wildman–Crippen LogP) is 7.00. The Hall–Kier alpha value is -2.73. The number of nitrogens with one attached hydrogen (secondary N) is 1. The normalized spacial score (nSPS) is 32.8. The fourth-order valence-electron chi connectivity index (χ4n) is 8.88. The van der Waals surface area contributed by atoms with Gasteiger partial charge in [0.15, 0.2) is 0 Å². The summed E-state index contributed by atoms with van der Waals surface area (Å²) in [7, 11) is -3.98. The third kappa shape index (κ3) is 7.82. The molecule has 5 aliphatic rings. The first-order valence-electron chi connectivity index (χ1n) is 18.6. The van der Waals surface area contributed by atoms with Crippen LogP contribution in [0, 0.1) is 17.8 Å². The van der Waals surface area contributed by atoms with E-state index in [0.717, 1.165) is 37.8 Å². The van der Waals surface area contributed by atoms with Crippen LogP contribution < -0.4 is 14.4 Å². The lowest BCUT2D eigenvalue weighted by atomic mass is 9.68. The number of hydrogen-bond donors (Lipinski definition) is 1. The van der Waals surface area contributed by atoms with Gasteiger partial charge in [-0.3, -0.25) is 9.69 Å². The van der Waals surface area contributed by atoms with Crippen molar-refractivity contribution in [2.75, 3.05) is 50.8 Å². The van der Waals surface area contributed by atoms with Crippen LogP contribution in [0.3, 0.4) is 0 Å². The summed E-state index contributed by atoms with van der Waals surface area (Å²) in [5.74, 6) is -2.46. The molecule has 2 aromatic rings. The minimum Gasteiger partial charge on any atom is -0.490 e. The van der Waals surface area contributed by atoms with Crippen molar-refractivity contribution in [2.45, 2.75) is 87.9 Å². The molecular formula is C39H50ClF2N3O5S. The van der Waals surface area contributed by atoms with Crippen molar-refractivity contribution in [1.82, 2.24) is 9.62 Å². The molecule has 1 saturated carbocycles. The van der Waals surface area contributed by atoms with Gasteiger partial charge >= 0.3 is 0 Å². The molecule has 3 aliphatic heterocycles. The van der Waals surface area contributed by atoms with Gasteiger partial charge < -0.3 is 14.4 Å². The fraction of sp³-hybridized carbons (Fsp3) is 0.615. The number of likely N-dealkylation sites (tertiary alicyclic amines) is 1. The van der Waals surface area contributed by atoms with Gasteiger partial charge in [-0.1, -0.05) is 36.7 Å². The van der Waals surface area contributed by atoms with Gasteiger partial charge in [-0.15, -0.1) is 0 Å². The first kappa shape index (κ1) is 36.6. The summed E-state index contributed by atoms with van der Waals surface area (Å²) in [6.45, 7) is 6.52. The molecule has 1 amide bonds. The largest absolute Gasteiger partial charge is 0.490 e. The highest BCUT2D eigenvalue weighted by Crippen LogP contribution is 2.47. The molecule has 0 radical (unpaired) electrons. The second kappa shape index (κ2) is 14.6. The Labute approximate surface area is 305 Å². The number of halogens is 3. The van der Waals surface area contributed by atoms with Crippen LogP contribution in [0.25, 0.3) is 0 Å². The zero-order valence-corrected chi connectivity index (χ0v) is 31.2. The van der Waals surface area contributed by atoms with Crippen molar-refractivity contribution in [3.8, 4) is 5.75 Å². The smallest absolute Gasteiger partial charge is 0.264 e. The van der Waals surface area contributed by atoms with Crippen molar-refractivity contribution in [1.29, 1.82) is 0 Å². The van der Waals surface area contributed by atoms with E-state index in [2.05, 4.69) is 27.8 Å². The summed E-state index contributed by atoms with van der Waals surface area (Å²) in [6.07, 6.45) is 9.57. The number of amides is 1. The number of hydrogen-bond acceptors (Lipinski definition) is 7. The van der Waals surface area contributed by atoms with E-state index in [1.54, 1.807) is 30.0 Å². The van der Waals surface area contributed by atoms with E-state index in [-0.39, 0.29) is 47.8 Å². The molecular weight excluding hydrogens is 696 g/mol. The molecule has 6 atom stereocenters. The number of allylic oxidation sites excluding steroid dienone is 1. The Kier molecular flexibility index (Phi) is 10.5. The van der Waals surface area contributed by atoms with Crippen molar-refractivity contribution in [3.05, 3.63) is 70.3 Å². The summed E-state index contributed by atoms with van der Waals surface area (Å²) in [5.41, 5.74) is 3.21. The number of rotatable bonds is 4. The fourth-order valence-corrected chi connectivity index (χ4v) is 10.4. The number of nitrogens with zero attached hydrogens (tertiary/aromatic N) is 2. The van der Waals surface area contributed by atoms with Crippen LogP contribution in [0.4, 0.5) is 14.5 Å². The molecule has 8 nitrogen and oxygen atoms in total. The van der Waals surface area contributed by atoms with Crippen molar-refractivity contribution < 1.29 is 31.5 Å². The van der Waals surface area contributed by atoms with Crippen LogP contribution in [0.2, 0.25) is 5.02 Å². The van der Waals surface area contributed by atoms with Gasteiger partial charge in [-0.05, 0) is 118 Å². The molecule has 7 rings (SSSR count). The SMILES string of the molecule is C[C@@H]1[C@@H](C)C/C=C/[C@H](OCCN2CCCC(F)(F)C2)[C@@H]2CC[C@H]2CN2C[C@@]3(CCCc4cc(Cl)ccc43)COc3ccc(cc32)C(=O)NS1(=O)=O. The highest BCUT2D eigenvalue weighted by atomic mass is 35.5. The Morgan fingerprint density at radius 3 is 2.71 bits per heavy atom. The standard InChI is InChI=1S/C39H50ClF2N3O5S/c1-26-6-3-8-35(49-19-18-44-17-5-16-39(41,42)24-44)32-12-9-30(32)22-45-23-38(15-4-7-28-20-31(40)11-13-33(28)38)25-50-36-14-10-29(21-34(36)45)37(46)43-51(47,48)27(26)2/h3,8,10-11,13-14,20-21,26-27,30,32,35H,4-7,9,12,15-19,22-25H2,1-2H3,(H,43,46)/b8-3+/t26-,27+,30-,32+,35-,38-/m0/s1. The van der Waals surface area contributed by atoms with E-state index in [1.807, 2.05) is 19.1 Å². The predicted molar refractivity (Wildman–Crippen MR) is 196 cm³/mol. The van der Waals surface area contributed by atoms with Gasteiger partial charge in [0.05, 0.1) is 36.8 Å². The Morgan fingerprint density at radius 2 is 1.92 bits per heavy atom. The first-order valence-corrected chi connectivity index (χ1v) is 20.5. The third-order valence-electron chi connectivity index (χ3n) is 12.2. The van der Waals surface area contributed by atoms with Crippen LogP contribution in [0.5, 0.6) is 5.75 Å². The molecule has 51 heavy (non-hydrogen) atoms. The number of benzene rings is 2. The lowest BCUT2D eigenvalue weighted by molar-refractivity contribution is -0.0754. The molecule has 1 spiro atoms. The van der Waals surface area contributed by atoms with Gasteiger partial charge in [0.1, 0.15) is 5.75 Å². The minimum atomic E-state index is -3.98. The Bertz CT molecular complexity index is 1760. The molecule has 0 aromatic heterocycles. The number of anilines is 1. The van der Waals surface area contributed by atoms with Gasteiger partial charge in [0.2, 0.25) is 10.0 Å². The van der Waals surface area contributed by atoms with Crippen LogP contribution in [0.15, 0.2) is 48.6 Å². The number of piperidine rings is 1. The first-order chi connectivity index (χ1) is 24.3. The van der Waals surface area contributed by atoms with E-state index in [1.165, 1.54) is 11.1 Å². The number of alkyl halides is 2. The topological polar surface area (TPSA) is 88.2 Å². The molecule has 2 aromatic carbocycles. The van der Waals surface area contributed by atoms with E-state index in [0.29, 0.717) is 63.0 Å². The number of aryl methyl sites for hydroxylation is 1. The Balaban J connectivity index is 1.22. The third-order valence-corrected chi connectivity index (χ3v) is 14.4. The van der Waals surface area contributed by atoms with Gasteiger partial charge in [-0.25, -0.2) is 21.9 Å². The lowest BCUT2D eigenvalue weighted by Gasteiger charge is -2.46. The van der Waals surface area contributed by atoms with Crippen molar-refractivity contribution >= 4 is 33.2 Å². The Morgan fingerprint density at radius 1 is 1.08 bits per heavy atom. The molecule has 278 valence electrons. The van der Waals surface area contributed by atoms with E-state index >= 15 is 0 Å². The maximum atomic E-state index is 14.1. The van der Waals surface area contributed by atoms with Gasteiger partial charge in [0.25, 0.3) is 11.8 Å². The van der Waals surface area contributed by atoms with Crippen LogP contribution >= 0.6 is 11.6 Å². The maximum absolute atomic E-state index is 14.1. The maximum Gasteiger partial charge on any atom is 0.264 e. The number of carbonyl (C=O) groups excluding carboxylic acids is 1. The van der Waals surface area contributed by atoms with Crippen molar-refractivity contribution in [3.63, 3.8) is 0 Å². The molecule has 12 heteroatoms. The second-order valence-corrected chi connectivity index (χ2v) is 18.2. The molecule has 1 N–H and O–H groups in total. The van der Waals surface area contributed by atoms with Gasteiger partial charge in [-0.2, -0.15) is 0 Å². The summed E-state index contributed by atoms with van der Waals surface area (Å²) >= 11 is 6.45. The number of ether oxygens (including phenoxy) is 2. The number of carbonyl (C=O) groups is 1. The molecule has 3 heterocycles. The van der Waals surface area contributed by atoms with E-state index in [4.69, 9.17) is 21.1 Å². The summed E-state index contributed by atoms with van der Waals surface area (Å²) in [5, 5.41) is -0.107. The molecule has 1 saturated heterocycles. The van der Waals surface area contributed by atoms with Crippen molar-refractivity contribution in [2.24, 2.45) is 17.8 Å². The average Bonchev–Trinajstić information content (AvgIpc) is 3.21. The zero-order chi connectivity index (χ0) is 36.0. The van der Waals surface area contributed by atoms with Crippen LogP contribution in [-0.4, -0.2) is 82.4 Å². The second-order valence-electron chi connectivity index (χ2n) is 15.7. The summed E-state index contributed by atoms with van der Waals surface area (Å²) in [6, 6.07) is 11.4. The van der Waals surface area contributed by atoms with Gasteiger partial charge in [0, 0.05) is 42.1 Å². The van der Waals surface area contributed by atoms with Crippen LogP contribution in [0.1, 0.15) is 80.3 Å². The number of fused-ring (bicyclic) bond motifs is 4. The monoisotopic (exact) mass is 745 g/mol. The lowest BCUT2D eigenvalue weighted by Crippen LogP contribution is -2.50. The minimum absolute atomic E-state index is 0.0672. The van der Waals surface area contributed by atoms with Crippen LogP contribution in [-0.2, 0) is 26.6 Å². The molecule has 2 fully saturated rings.